The molecule has 3 nitrogen and oxygen atoms in total. The Balaban J connectivity index is 2.03. The number of para-hydroxylation sites is 1. The lowest BCUT2D eigenvalue weighted by molar-refractivity contribution is -0.141. The van der Waals surface area contributed by atoms with Crippen LogP contribution in [0.3, 0.4) is 0 Å². The third-order valence-electron chi connectivity index (χ3n) is 3.18. The van der Waals surface area contributed by atoms with Crippen molar-refractivity contribution in [1.29, 1.82) is 0 Å². The fourth-order valence-corrected chi connectivity index (χ4v) is 2.07. The van der Waals surface area contributed by atoms with Gasteiger partial charge in [-0.25, -0.2) is 0 Å². The molecular weight excluding hydrogens is 228 g/mol. The number of carbonyl (C=O) groups excluding carboxylic acids is 1. The van der Waals surface area contributed by atoms with E-state index in [0.29, 0.717) is 12.3 Å². The lowest BCUT2D eigenvalue weighted by atomic mass is 10.1. The summed E-state index contributed by atoms with van der Waals surface area (Å²) < 4.78 is 32.6. The Morgan fingerprint density at radius 3 is 2.71 bits per heavy atom. The summed E-state index contributed by atoms with van der Waals surface area (Å²) in [5.74, 6) is -4.57. The maximum atomic E-state index is 13.7. The molecule has 17 heavy (non-hydrogen) atoms. The van der Waals surface area contributed by atoms with Crippen LogP contribution in [0.25, 0.3) is 0 Å². The van der Waals surface area contributed by atoms with Gasteiger partial charge in [-0.3, -0.25) is 4.79 Å². The molecule has 0 aliphatic carbocycles. The normalized spacial score (nSPS) is 29.4. The Morgan fingerprint density at radius 2 is 2.06 bits per heavy atom. The van der Waals surface area contributed by atoms with Crippen LogP contribution in [0.1, 0.15) is 12.5 Å². The topological polar surface area (TPSA) is 32.8 Å². The number of epoxide rings is 1. The van der Waals surface area contributed by atoms with Gasteiger partial charge < -0.3 is 9.64 Å². The number of fused-ring (bicyclic) bond motifs is 1. The number of ether oxygens (including phenoxy) is 1. The van der Waals surface area contributed by atoms with Crippen LogP contribution in [-0.2, 0) is 15.5 Å². The monoisotopic (exact) mass is 239 g/mol. The number of hydrogen-bond donors (Lipinski definition) is 0. The van der Waals surface area contributed by atoms with Crippen molar-refractivity contribution >= 4 is 11.6 Å². The first-order valence-corrected chi connectivity index (χ1v) is 5.37. The molecule has 1 atom stereocenters. The number of hydrogen-bond acceptors (Lipinski definition) is 2. The number of amides is 1. The number of benzene rings is 1. The van der Waals surface area contributed by atoms with Crippen LogP contribution in [0, 0.1) is 0 Å². The maximum absolute atomic E-state index is 13.7. The molecule has 5 heteroatoms. The summed E-state index contributed by atoms with van der Waals surface area (Å²) in [7, 11) is 0. The van der Waals surface area contributed by atoms with Crippen molar-refractivity contribution < 1.29 is 18.3 Å². The summed E-state index contributed by atoms with van der Waals surface area (Å²) in [5, 5.41) is 0. The molecule has 2 heterocycles. The predicted octanol–water partition coefficient (Wildman–Crippen LogP) is 1.91. The second-order valence-electron chi connectivity index (χ2n) is 4.72. The number of carbonyl (C=O) groups is 1. The van der Waals surface area contributed by atoms with Gasteiger partial charge in [0.25, 0.3) is 0 Å². The molecule has 1 unspecified atom stereocenters. The Bertz CT molecular complexity index is 497. The van der Waals surface area contributed by atoms with Crippen molar-refractivity contribution in [3.05, 3.63) is 29.8 Å². The molecule has 1 fully saturated rings. The number of rotatable bonds is 2. The third kappa shape index (κ3) is 1.45. The highest BCUT2D eigenvalue weighted by molar-refractivity contribution is 6.05. The van der Waals surface area contributed by atoms with Gasteiger partial charge in [-0.1, -0.05) is 18.2 Å². The fourth-order valence-electron chi connectivity index (χ4n) is 2.07. The van der Waals surface area contributed by atoms with Gasteiger partial charge >= 0.3 is 11.8 Å². The van der Waals surface area contributed by atoms with Gasteiger partial charge in [0, 0.05) is 0 Å². The van der Waals surface area contributed by atoms with Crippen LogP contribution in [-0.4, -0.2) is 24.7 Å². The Morgan fingerprint density at radius 1 is 1.41 bits per heavy atom. The molecule has 2 aliphatic rings. The van der Waals surface area contributed by atoms with Crippen LogP contribution < -0.4 is 4.90 Å². The van der Waals surface area contributed by atoms with Gasteiger partial charge in [-0.2, -0.15) is 8.78 Å². The molecule has 0 bridgehead atoms. The van der Waals surface area contributed by atoms with E-state index in [1.54, 1.807) is 19.1 Å². The van der Waals surface area contributed by atoms with E-state index in [0.717, 1.165) is 4.90 Å². The highest BCUT2D eigenvalue weighted by atomic mass is 19.3. The van der Waals surface area contributed by atoms with Gasteiger partial charge in [0.15, 0.2) is 0 Å². The fraction of sp³-hybridized carbons (Fsp3) is 0.417. The lowest BCUT2D eigenvalue weighted by Gasteiger charge is -2.19. The molecule has 1 aromatic rings. The van der Waals surface area contributed by atoms with Gasteiger partial charge in [0.1, 0.15) is 5.60 Å². The van der Waals surface area contributed by atoms with Crippen molar-refractivity contribution in [3.63, 3.8) is 0 Å². The van der Waals surface area contributed by atoms with Crippen molar-refractivity contribution in [1.82, 2.24) is 0 Å². The molecule has 2 aliphatic heterocycles. The molecule has 0 N–H and O–H groups in total. The van der Waals surface area contributed by atoms with Crippen LogP contribution in [0.5, 0.6) is 0 Å². The zero-order chi connectivity index (χ0) is 12.3. The van der Waals surface area contributed by atoms with Crippen LogP contribution in [0.4, 0.5) is 14.5 Å². The molecular formula is C12H11F2NO2. The van der Waals surface area contributed by atoms with Crippen molar-refractivity contribution in [3.8, 4) is 0 Å². The second-order valence-corrected chi connectivity index (χ2v) is 4.72. The Kier molecular flexibility index (Phi) is 1.91. The SMILES string of the molecule is CC1(CN2C(=O)C(F)(F)c3ccccc32)CO1. The van der Waals surface area contributed by atoms with Crippen LogP contribution in [0.2, 0.25) is 0 Å². The van der Waals surface area contributed by atoms with Gasteiger partial charge in [-0.15, -0.1) is 0 Å². The van der Waals surface area contributed by atoms with E-state index in [4.69, 9.17) is 4.74 Å². The predicted molar refractivity (Wildman–Crippen MR) is 57.0 cm³/mol. The Hall–Kier alpha value is -1.49. The number of anilines is 1. The highest BCUT2D eigenvalue weighted by Crippen LogP contribution is 2.45. The molecule has 0 aromatic heterocycles. The van der Waals surface area contributed by atoms with E-state index in [9.17, 15) is 13.6 Å². The average molecular weight is 239 g/mol. The van der Waals surface area contributed by atoms with E-state index in [2.05, 4.69) is 0 Å². The number of halogens is 2. The Labute approximate surface area is 97.0 Å². The molecule has 0 radical (unpaired) electrons. The largest absolute Gasteiger partial charge is 0.368 e. The molecule has 1 amide bonds. The molecule has 1 aromatic carbocycles. The summed E-state index contributed by atoms with van der Waals surface area (Å²) >= 11 is 0. The minimum Gasteiger partial charge on any atom is -0.368 e. The number of alkyl halides is 2. The van der Waals surface area contributed by atoms with E-state index in [-0.39, 0.29) is 12.1 Å². The van der Waals surface area contributed by atoms with E-state index in [1.165, 1.54) is 12.1 Å². The summed E-state index contributed by atoms with van der Waals surface area (Å²) in [4.78, 5) is 12.8. The molecule has 1 saturated heterocycles. The third-order valence-corrected chi connectivity index (χ3v) is 3.18. The summed E-state index contributed by atoms with van der Waals surface area (Å²) in [6.07, 6.45) is 0. The number of nitrogens with zero attached hydrogens (tertiary/aromatic N) is 1. The second kappa shape index (κ2) is 3.04. The first-order chi connectivity index (χ1) is 7.94. The van der Waals surface area contributed by atoms with E-state index >= 15 is 0 Å². The van der Waals surface area contributed by atoms with Gasteiger partial charge in [0.2, 0.25) is 0 Å². The quantitative estimate of drug-likeness (QED) is 0.738. The van der Waals surface area contributed by atoms with Crippen molar-refractivity contribution in [2.45, 2.75) is 18.4 Å². The van der Waals surface area contributed by atoms with E-state index < -0.39 is 17.4 Å². The summed E-state index contributed by atoms with van der Waals surface area (Å²) in [5.41, 5.74) is -0.392. The minimum absolute atomic E-state index is 0.179. The first-order valence-electron chi connectivity index (χ1n) is 5.37. The molecule has 90 valence electrons. The minimum atomic E-state index is -3.41. The van der Waals surface area contributed by atoms with Crippen LogP contribution >= 0.6 is 0 Å². The zero-order valence-corrected chi connectivity index (χ0v) is 9.24. The lowest BCUT2D eigenvalue weighted by Crippen LogP contribution is -2.40. The van der Waals surface area contributed by atoms with Crippen LogP contribution in [0.15, 0.2) is 24.3 Å². The van der Waals surface area contributed by atoms with Gasteiger partial charge in [-0.05, 0) is 13.0 Å². The zero-order valence-electron chi connectivity index (χ0n) is 9.24. The standard InChI is InChI=1S/C12H11F2NO2/c1-11(7-17-11)6-15-9-5-3-2-4-8(9)12(13,14)10(15)16/h2-5H,6-7H2,1H3. The van der Waals surface area contributed by atoms with Gasteiger partial charge in [0.05, 0.1) is 24.4 Å². The average Bonchev–Trinajstić information content (AvgIpc) is 2.99. The van der Waals surface area contributed by atoms with Crippen molar-refractivity contribution in [2.75, 3.05) is 18.1 Å². The smallest absolute Gasteiger partial charge is 0.352 e. The molecule has 0 saturated carbocycles. The van der Waals surface area contributed by atoms with E-state index in [1.807, 2.05) is 0 Å². The summed E-state index contributed by atoms with van der Waals surface area (Å²) in [6, 6.07) is 6.00. The molecule has 0 spiro atoms. The summed E-state index contributed by atoms with van der Waals surface area (Å²) in [6.45, 7) is 2.49. The highest BCUT2D eigenvalue weighted by Gasteiger charge is 2.55. The van der Waals surface area contributed by atoms with Crippen molar-refractivity contribution in [2.24, 2.45) is 0 Å². The maximum Gasteiger partial charge on any atom is 0.352 e. The first kappa shape index (κ1) is 10.7. The molecule has 3 rings (SSSR count).